The molecular weight excluding hydrogens is 485 g/mol. The standard InChI is InChI=1S/C24H19F3N2O5S/c25-24(26,27)18-9-6-8-17(15-18)22(30)28-14-13-16-7-4-5-12-20(16)21(28)23(29(31)32)35(33,34)19-10-2-1-3-11-19/h1-12,15,21,23H,13-14H2/t21-,23+/m0/s1. The van der Waals surface area contributed by atoms with Crippen molar-refractivity contribution in [2.75, 3.05) is 6.54 Å². The molecule has 1 heterocycles. The van der Waals surface area contributed by atoms with Gasteiger partial charge in [-0.1, -0.05) is 48.5 Å². The van der Waals surface area contributed by atoms with Crippen LogP contribution in [0.2, 0.25) is 0 Å². The molecule has 0 saturated carbocycles. The zero-order valence-corrected chi connectivity index (χ0v) is 18.9. The summed E-state index contributed by atoms with van der Waals surface area (Å²) in [4.78, 5) is 25.4. The molecule has 35 heavy (non-hydrogen) atoms. The lowest BCUT2D eigenvalue weighted by molar-refractivity contribution is -0.505. The van der Waals surface area contributed by atoms with E-state index in [4.69, 9.17) is 0 Å². The monoisotopic (exact) mass is 504 g/mol. The van der Waals surface area contributed by atoms with Gasteiger partial charge in [-0.25, -0.2) is 8.42 Å². The van der Waals surface area contributed by atoms with Gasteiger partial charge < -0.3 is 4.90 Å². The number of rotatable bonds is 5. The van der Waals surface area contributed by atoms with Crippen LogP contribution in [0.15, 0.2) is 83.8 Å². The number of nitro groups is 1. The van der Waals surface area contributed by atoms with E-state index in [0.717, 1.165) is 17.0 Å². The highest BCUT2D eigenvalue weighted by Gasteiger charge is 2.51. The van der Waals surface area contributed by atoms with E-state index < -0.39 is 43.8 Å². The third-order valence-corrected chi connectivity index (χ3v) is 7.89. The van der Waals surface area contributed by atoms with Crippen molar-refractivity contribution >= 4 is 15.7 Å². The lowest BCUT2D eigenvalue weighted by Gasteiger charge is -2.38. The number of fused-ring (bicyclic) bond motifs is 1. The smallest absolute Gasteiger partial charge is 0.323 e. The number of amides is 1. The van der Waals surface area contributed by atoms with Crippen molar-refractivity contribution < 1.29 is 31.3 Å². The Balaban J connectivity index is 1.87. The van der Waals surface area contributed by atoms with Gasteiger partial charge in [0.2, 0.25) is 9.84 Å². The van der Waals surface area contributed by atoms with Gasteiger partial charge in [-0.2, -0.15) is 13.2 Å². The molecule has 0 fully saturated rings. The Kier molecular flexibility index (Phi) is 6.37. The van der Waals surface area contributed by atoms with E-state index in [0.29, 0.717) is 11.6 Å². The number of carbonyl (C=O) groups excluding carboxylic acids is 1. The molecule has 11 heteroatoms. The molecule has 7 nitrogen and oxygen atoms in total. The van der Waals surface area contributed by atoms with Crippen molar-refractivity contribution in [2.24, 2.45) is 0 Å². The third kappa shape index (κ3) is 4.63. The second-order valence-electron chi connectivity index (χ2n) is 8.00. The van der Waals surface area contributed by atoms with Crippen LogP contribution in [0.5, 0.6) is 0 Å². The maximum absolute atomic E-state index is 13.4. The molecule has 0 aromatic heterocycles. The third-order valence-electron chi connectivity index (χ3n) is 5.90. The van der Waals surface area contributed by atoms with Gasteiger partial charge in [0.05, 0.1) is 10.5 Å². The summed E-state index contributed by atoms with van der Waals surface area (Å²) >= 11 is 0. The molecule has 0 aliphatic carbocycles. The summed E-state index contributed by atoms with van der Waals surface area (Å²) in [7, 11) is -4.60. The van der Waals surface area contributed by atoms with Crippen LogP contribution in [0.4, 0.5) is 13.2 Å². The van der Waals surface area contributed by atoms with Crippen LogP contribution in [0.3, 0.4) is 0 Å². The summed E-state index contributed by atoms with van der Waals surface area (Å²) in [5.41, 5.74) is -0.510. The first-order valence-corrected chi connectivity index (χ1v) is 12.0. The largest absolute Gasteiger partial charge is 0.416 e. The molecule has 2 atom stereocenters. The predicted molar refractivity (Wildman–Crippen MR) is 120 cm³/mol. The van der Waals surface area contributed by atoms with Gasteiger partial charge in [-0.05, 0) is 47.9 Å². The minimum Gasteiger partial charge on any atom is -0.323 e. The Morgan fingerprint density at radius 3 is 2.31 bits per heavy atom. The topological polar surface area (TPSA) is 97.6 Å². The van der Waals surface area contributed by atoms with Crippen LogP contribution in [0, 0.1) is 10.1 Å². The quantitative estimate of drug-likeness (QED) is 0.376. The number of carbonyl (C=O) groups is 1. The summed E-state index contributed by atoms with van der Waals surface area (Å²) in [6, 6.07) is 15.4. The van der Waals surface area contributed by atoms with E-state index in [1.807, 2.05) is 0 Å². The predicted octanol–water partition coefficient (Wildman–Crippen LogP) is 4.52. The van der Waals surface area contributed by atoms with Crippen LogP contribution in [0.25, 0.3) is 0 Å². The summed E-state index contributed by atoms with van der Waals surface area (Å²) in [5.74, 6) is -0.925. The molecule has 0 spiro atoms. The van der Waals surface area contributed by atoms with Crippen LogP contribution in [-0.4, -0.2) is 36.1 Å². The van der Waals surface area contributed by atoms with Gasteiger partial charge in [-0.15, -0.1) is 0 Å². The Morgan fingerprint density at radius 1 is 1.00 bits per heavy atom. The van der Waals surface area contributed by atoms with Crippen LogP contribution >= 0.6 is 0 Å². The molecule has 1 aliphatic heterocycles. The summed E-state index contributed by atoms with van der Waals surface area (Å²) in [6.07, 6.45) is -4.45. The molecule has 1 amide bonds. The van der Waals surface area contributed by atoms with Crippen molar-refractivity contribution in [3.05, 3.63) is 111 Å². The van der Waals surface area contributed by atoms with Crippen molar-refractivity contribution in [2.45, 2.75) is 28.9 Å². The fourth-order valence-corrected chi connectivity index (χ4v) is 5.95. The van der Waals surface area contributed by atoms with Crippen molar-refractivity contribution in [1.29, 1.82) is 0 Å². The number of sulfone groups is 1. The van der Waals surface area contributed by atoms with Gasteiger partial charge in [0.1, 0.15) is 6.04 Å². The van der Waals surface area contributed by atoms with Crippen molar-refractivity contribution in [1.82, 2.24) is 4.90 Å². The van der Waals surface area contributed by atoms with Gasteiger partial charge >= 0.3 is 11.6 Å². The second kappa shape index (κ2) is 9.14. The maximum atomic E-state index is 13.4. The summed E-state index contributed by atoms with van der Waals surface area (Å²) < 4.78 is 66.6. The maximum Gasteiger partial charge on any atom is 0.416 e. The molecule has 3 aromatic rings. The molecule has 0 saturated heterocycles. The van der Waals surface area contributed by atoms with E-state index in [1.165, 1.54) is 36.4 Å². The average molecular weight is 504 g/mol. The molecule has 3 aromatic carbocycles. The number of nitrogens with zero attached hydrogens (tertiary/aromatic N) is 2. The first kappa shape index (κ1) is 24.4. The minimum atomic E-state index is -4.70. The van der Waals surface area contributed by atoms with Crippen LogP contribution in [0.1, 0.15) is 33.1 Å². The van der Waals surface area contributed by atoms with E-state index in [9.17, 15) is 36.5 Å². The van der Waals surface area contributed by atoms with Crippen molar-refractivity contribution in [3.8, 4) is 0 Å². The SMILES string of the molecule is O=C(c1cccc(C(F)(F)F)c1)N1CCc2ccccc2[C@H]1[C@H]([N+](=O)[O-])S(=O)(=O)c1ccccc1. The van der Waals surface area contributed by atoms with Gasteiger partial charge in [0.15, 0.2) is 0 Å². The van der Waals surface area contributed by atoms with Crippen LogP contribution in [-0.2, 0) is 22.4 Å². The Labute approximate surface area is 198 Å². The number of hydrogen-bond acceptors (Lipinski definition) is 5. The number of benzene rings is 3. The second-order valence-corrected chi connectivity index (χ2v) is 10.0. The molecule has 0 bridgehead atoms. The molecule has 182 valence electrons. The van der Waals surface area contributed by atoms with Gasteiger partial charge in [-0.3, -0.25) is 14.9 Å². The fourth-order valence-electron chi connectivity index (χ4n) is 4.28. The zero-order valence-electron chi connectivity index (χ0n) is 18.1. The zero-order chi connectivity index (χ0) is 25.4. The number of alkyl halides is 3. The normalized spacial score (nSPS) is 16.9. The summed E-state index contributed by atoms with van der Waals surface area (Å²) in [6.45, 7) is -0.106. The highest BCUT2D eigenvalue weighted by Crippen LogP contribution is 2.39. The van der Waals surface area contributed by atoms with E-state index in [1.54, 1.807) is 24.3 Å². The van der Waals surface area contributed by atoms with E-state index >= 15 is 0 Å². The molecule has 0 radical (unpaired) electrons. The van der Waals surface area contributed by atoms with Crippen LogP contribution < -0.4 is 0 Å². The van der Waals surface area contributed by atoms with Gasteiger partial charge in [0, 0.05) is 17.0 Å². The lowest BCUT2D eigenvalue weighted by Crippen LogP contribution is -2.50. The molecule has 4 rings (SSSR count). The average Bonchev–Trinajstić information content (AvgIpc) is 2.83. The lowest BCUT2D eigenvalue weighted by atomic mass is 9.91. The first-order chi connectivity index (χ1) is 16.5. The fraction of sp³-hybridized carbons (Fsp3) is 0.208. The number of halogens is 3. The van der Waals surface area contributed by atoms with Gasteiger partial charge in [0.25, 0.3) is 5.91 Å². The first-order valence-electron chi connectivity index (χ1n) is 10.5. The highest BCUT2D eigenvalue weighted by atomic mass is 32.2. The molecular formula is C24H19F3N2O5S. The Morgan fingerprint density at radius 2 is 1.66 bits per heavy atom. The Bertz CT molecular complexity index is 1380. The highest BCUT2D eigenvalue weighted by molar-refractivity contribution is 7.91. The minimum absolute atomic E-state index is 0.106. The molecule has 0 N–H and O–H groups in total. The number of hydrogen-bond donors (Lipinski definition) is 0. The van der Waals surface area contributed by atoms with Crippen molar-refractivity contribution in [3.63, 3.8) is 0 Å². The van der Waals surface area contributed by atoms with E-state index in [2.05, 4.69) is 0 Å². The van der Waals surface area contributed by atoms with E-state index in [-0.39, 0.29) is 29.0 Å². The Hall–Kier alpha value is -3.73. The summed E-state index contributed by atoms with van der Waals surface area (Å²) in [5, 5.41) is 9.98. The molecule has 0 unspecified atom stereocenters. The molecule has 1 aliphatic rings.